The third-order valence-electron chi connectivity index (χ3n) is 3.13. The topological polar surface area (TPSA) is 60.9 Å². The quantitative estimate of drug-likeness (QED) is 0.863. The second-order valence-corrected chi connectivity index (χ2v) is 5.17. The molecule has 0 spiro atoms. The number of halogens is 1. The Bertz CT molecular complexity index is 426. The SMILES string of the molecule is CCc1nn(CC)c(CC(=O)C(N)C(C)C)c1Cl. The highest BCUT2D eigenvalue weighted by Gasteiger charge is 2.22. The molecule has 4 nitrogen and oxygen atoms in total. The first-order chi connectivity index (χ1) is 8.42. The molecule has 0 bridgehead atoms. The van der Waals surface area contributed by atoms with Crippen molar-refractivity contribution in [1.29, 1.82) is 0 Å². The van der Waals surface area contributed by atoms with Crippen molar-refractivity contribution in [3.8, 4) is 0 Å². The molecule has 1 aromatic rings. The molecule has 0 fully saturated rings. The van der Waals surface area contributed by atoms with Crippen molar-refractivity contribution in [3.63, 3.8) is 0 Å². The summed E-state index contributed by atoms with van der Waals surface area (Å²) in [7, 11) is 0. The zero-order chi connectivity index (χ0) is 13.9. The van der Waals surface area contributed by atoms with E-state index in [1.54, 1.807) is 4.68 Å². The zero-order valence-corrected chi connectivity index (χ0v) is 12.3. The van der Waals surface area contributed by atoms with Crippen molar-refractivity contribution < 1.29 is 4.79 Å². The lowest BCUT2D eigenvalue weighted by atomic mass is 9.98. The van der Waals surface area contributed by atoms with Gasteiger partial charge in [-0.15, -0.1) is 0 Å². The fourth-order valence-corrected chi connectivity index (χ4v) is 2.18. The van der Waals surface area contributed by atoms with E-state index in [0.29, 0.717) is 11.6 Å². The molecule has 0 aromatic carbocycles. The van der Waals surface area contributed by atoms with E-state index in [1.807, 2.05) is 27.7 Å². The van der Waals surface area contributed by atoms with E-state index in [1.165, 1.54) is 0 Å². The van der Waals surface area contributed by atoms with Crippen molar-refractivity contribution in [2.45, 2.75) is 53.1 Å². The lowest BCUT2D eigenvalue weighted by molar-refractivity contribution is -0.120. The summed E-state index contributed by atoms with van der Waals surface area (Å²) in [5, 5.41) is 5.01. The van der Waals surface area contributed by atoms with Gasteiger partial charge in [0.05, 0.1) is 28.9 Å². The van der Waals surface area contributed by atoms with E-state index in [0.717, 1.165) is 17.8 Å². The van der Waals surface area contributed by atoms with E-state index < -0.39 is 6.04 Å². The van der Waals surface area contributed by atoms with Gasteiger partial charge in [0.1, 0.15) is 0 Å². The van der Waals surface area contributed by atoms with Crippen LogP contribution >= 0.6 is 11.6 Å². The molecule has 102 valence electrons. The van der Waals surface area contributed by atoms with Gasteiger partial charge in [-0.05, 0) is 19.3 Å². The summed E-state index contributed by atoms with van der Waals surface area (Å²) < 4.78 is 1.80. The Hall–Kier alpha value is -0.870. The minimum absolute atomic E-state index is 0.0177. The Kier molecular flexibility index (Phi) is 5.35. The van der Waals surface area contributed by atoms with Crippen molar-refractivity contribution >= 4 is 17.4 Å². The number of ketones is 1. The molecule has 0 aliphatic rings. The highest BCUT2D eigenvalue weighted by atomic mass is 35.5. The smallest absolute Gasteiger partial charge is 0.155 e. The molecule has 1 rings (SSSR count). The summed E-state index contributed by atoms with van der Waals surface area (Å²) in [6, 6.07) is -0.439. The first-order valence-electron chi connectivity index (χ1n) is 6.44. The van der Waals surface area contributed by atoms with Crippen LogP contribution < -0.4 is 5.73 Å². The Labute approximate surface area is 113 Å². The number of carbonyl (C=O) groups excluding carboxylic acids is 1. The number of hydrogen-bond acceptors (Lipinski definition) is 3. The number of aryl methyl sites for hydroxylation is 2. The van der Waals surface area contributed by atoms with Gasteiger partial charge in [-0.3, -0.25) is 9.48 Å². The van der Waals surface area contributed by atoms with Crippen LogP contribution in [-0.2, 0) is 24.2 Å². The third-order valence-corrected chi connectivity index (χ3v) is 3.56. The maximum absolute atomic E-state index is 12.0. The fourth-order valence-electron chi connectivity index (χ4n) is 1.84. The molecule has 5 heteroatoms. The van der Waals surface area contributed by atoms with E-state index in [4.69, 9.17) is 17.3 Å². The predicted molar refractivity (Wildman–Crippen MR) is 73.8 cm³/mol. The van der Waals surface area contributed by atoms with Gasteiger partial charge in [0.25, 0.3) is 0 Å². The molecule has 0 aliphatic heterocycles. The Morgan fingerprint density at radius 1 is 1.44 bits per heavy atom. The second-order valence-electron chi connectivity index (χ2n) is 4.79. The minimum atomic E-state index is -0.439. The van der Waals surface area contributed by atoms with Crippen LogP contribution in [0, 0.1) is 5.92 Å². The minimum Gasteiger partial charge on any atom is -0.321 e. The maximum Gasteiger partial charge on any atom is 0.155 e. The molecule has 1 aromatic heterocycles. The van der Waals surface area contributed by atoms with Crippen molar-refractivity contribution in [1.82, 2.24) is 9.78 Å². The van der Waals surface area contributed by atoms with Gasteiger partial charge in [-0.25, -0.2) is 0 Å². The average molecular weight is 272 g/mol. The number of rotatable bonds is 6. The van der Waals surface area contributed by atoms with Gasteiger partial charge in [0.15, 0.2) is 5.78 Å². The van der Waals surface area contributed by atoms with Crippen LogP contribution in [0.5, 0.6) is 0 Å². The molecule has 1 atom stereocenters. The van der Waals surface area contributed by atoms with Crippen LogP contribution in [0.25, 0.3) is 0 Å². The van der Waals surface area contributed by atoms with Crippen LogP contribution in [0.4, 0.5) is 0 Å². The maximum atomic E-state index is 12.0. The monoisotopic (exact) mass is 271 g/mol. The van der Waals surface area contributed by atoms with E-state index in [9.17, 15) is 4.79 Å². The van der Waals surface area contributed by atoms with Gasteiger partial charge in [-0.2, -0.15) is 5.10 Å². The Morgan fingerprint density at radius 3 is 2.50 bits per heavy atom. The molecule has 0 amide bonds. The number of nitrogens with two attached hydrogens (primary N) is 1. The molecule has 0 radical (unpaired) electrons. The number of carbonyl (C=O) groups is 1. The fraction of sp³-hybridized carbons (Fsp3) is 0.692. The van der Waals surface area contributed by atoms with Crippen LogP contribution in [0.2, 0.25) is 5.02 Å². The van der Waals surface area contributed by atoms with Crippen LogP contribution in [0.1, 0.15) is 39.1 Å². The summed E-state index contributed by atoms with van der Waals surface area (Å²) in [6.45, 7) is 8.58. The highest BCUT2D eigenvalue weighted by Crippen LogP contribution is 2.22. The molecule has 1 unspecified atom stereocenters. The molecule has 2 N–H and O–H groups in total. The van der Waals surface area contributed by atoms with Crippen LogP contribution in [-0.4, -0.2) is 21.6 Å². The molecular weight excluding hydrogens is 250 g/mol. The summed E-state index contributed by atoms with van der Waals surface area (Å²) in [6.07, 6.45) is 1.03. The molecule has 18 heavy (non-hydrogen) atoms. The molecule has 0 saturated heterocycles. The normalized spacial score (nSPS) is 13.1. The average Bonchev–Trinajstić information content (AvgIpc) is 2.65. The summed E-state index contributed by atoms with van der Waals surface area (Å²) in [4.78, 5) is 12.0. The van der Waals surface area contributed by atoms with Gasteiger partial charge in [0.2, 0.25) is 0 Å². The summed E-state index contributed by atoms with van der Waals surface area (Å²) >= 11 is 6.26. The molecule has 1 heterocycles. The summed E-state index contributed by atoms with van der Waals surface area (Å²) in [5.41, 5.74) is 7.50. The van der Waals surface area contributed by atoms with E-state index in [2.05, 4.69) is 5.10 Å². The van der Waals surface area contributed by atoms with Crippen LogP contribution in [0.15, 0.2) is 0 Å². The largest absolute Gasteiger partial charge is 0.321 e. The highest BCUT2D eigenvalue weighted by molar-refractivity contribution is 6.32. The number of Topliss-reactive ketones (excluding diaryl/α,β-unsaturated/α-hetero) is 1. The van der Waals surface area contributed by atoms with Crippen molar-refractivity contribution in [3.05, 3.63) is 16.4 Å². The van der Waals surface area contributed by atoms with Crippen molar-refractivity contribution in [2.24, 2.45) is 11.7 Å². The summed E-state index contributed by atoms with van der Waals surface area (Å²) in [5.74, 6) is 0.157. The molecule has 0 aliphatic carbocycles. The van der Waals surface area contributed by atoms with E-state index >= 15 is 0 Å². The van der Waals surface area contributed by atoms with Crippen LogP contribution in [0.3, 0.4) is 0 Å². The Morgan fingerprint density at radius 2 is 2.06 bits per heavy atom. The predicted octanol–water partition coefficient (Wildman–Crippen LogP) is 2.21. The lowest BCUT2D eigenvalue weighted by Crippen LogP contribution is -2.37. The number of aromatic nitrogens is 2. The first kappa shape index (κ1) is 15.2. The standard InChI is InChI=1S/C13H22ClN3O/c1-5-9-12(14)10(17(6-2)16-9)7-11(18)13(15)8(3)4/h8,13H,5-7,15H2,1-4H3. The number of nitrogens with zero attached hydrogens (tertiary/aromatic N) is 2. The number of hydrogen-bond donors (Lipinski definition) is 1. The lowest BCUT2D eigenvalue weighted by Gasteiger charge is -2.14. The van der Waals surface area contributed by atoms with Gasteiger partial charge in [-0.1, -0.05) is 32.4 Å². The zero-order valence-electron chi connectivity index (χ0n) is 11.5. The van der Waals surface area contributed by atoms with Crippen molar-refractivity contribution in [2.75, 3.05) is 0 Å². The third kappa shape index (κ3) is 3.12. The molecule has 0 saturated carbocycles. The first-order valence-corrected chi connectivity index (χ1v) is 6.82. The molecular formula is C13H22ClN3O. The van der Waals surface area contributed by atoms with Gasteiger partial charge in [0, 0.05) is 6.54 Å². The van der Waals surface area contributed by atoms with E-state index in [-0.39, 0.29) is 18.1 Å². The van der Waals surface area contributed by atoms with Gasteiger partial charge >= 0.3 is 0 Å². The van der Waals surface area contributed by atoms with Gasteiger partial charge < -0.3 is 5.73 Å². The Balaban J connectivity index is 2.96. The second kappa shape index (κ2) is 6.34.